The average Bonchev–Trinajstić information content (AvgIpc) is 3.59. The molecule has 0 bridgehead atoms. The van der Waals surface area contributed by atoms with E-state index >= 15 is 4.39 Å². The van der Waals surface area contributed by atoms with Crippen molar-refractivity contribution in [1.29, 1.82) is 0 Å². The van der Waals surface area contributed by atoms with Crippen LogP contribution in [0.2, 0.25) is 25.7 Å². The summed E-state index contributed by atoms with van der Waals surface area (Å²) < 4.78 is 25.0. The van der Waals surface area contributed by atoms with Crippen molar-refractivity contribution in [2.45, 2.75) is 111 Å². The molecule has 1 aliphatic carbocycles. The third-order valence-electron chi connectivity index (χ3n) is 8.64. The monoisotopic (exact) mass is 639 g/mol. The van der Waals surface area contributed by atoms with Crippen LogP contribution in [0.4, 0.5) is 10.2 Å². The van der Waals surface area contributed by atoms with Crippen LogP contribution in [0.3, 0.4) is 0 Å². The van der Waals surface area contributed by atoms with Crippen molar-refractivity contribution in [2.24, 2.45) is 11.8 Å². The van der Waals surface area contributed by atoms with Gasteiger partial charge in [-0.15, -0.1) is 0 Å². The highest BCUT2D eigenvalue weighted by molar-refractivity contribution is 6.76. The van der Waals surface area contributed by atoms with Gasteiger partial charge < -0.3 is 15.4 Å². The second-order valence-electron chi connectivity index (χ2n) is 13.9. The average molecular weight is 640 g/mol. The van der Waals surface area contributed by atoms with Gasteiger partial charge in [0.25, 0.3) is 5.91 Å². The number of pyridine rings is 1. The number of carbonyl (C=O) groups is 2. The molecule has 12 heteroatoms. The van der Waals surface area contributed by atoms with Crippen LogP contribution >= 0.6 is 0 Å². The molecule has 10 nitrogen and oxygen atoms in total. The number of ether oxygens (including phenoxy) is 1. The standard InChI is InChI=1S/C33H50FN7O3Si/c1-9-26-29(23(5)39-40(26)20-44-18-19-45(6,7)8)25-14-15-28(36-31(25)34)37-33(43)30(24-12-10-22(4)11-13-24)38-32(42)27-16-17-35-41(27)21(2)3/h14-17,21-22,24,30H,9-13,18-20H2,1-8H3,(H,38,42)(H,36,37,43)/t22-,24-,30-/m0/s1. The van der Waals surface area contributed by atoms with Crippen molar-refractivity contribution in [3.63, 3.8) is 0 Å². The van der Waals surface area contributed by atoms with E-state index in [0.29, 0.717) is 48.2 Å². The molecule has 0 unspecified atom stereocenters. The van der Waals surface area contributed by atoms with Crippen molar-refractivity contribution >= 4 is 25.7 Å². The van der Waals surface area contributed by atoms with Gasteiger partial charge in [0.2, 0.25) is 11.9 Å². The Morgan fingerprint density at radius 3 is 2.47 bits per heavy atom. The number of hydrogen-bond acceptors (Lipinski definition) is 6. The number of nitrogens with zero attached hydrogens (tertiary/aromatic N) is 5. The van der Waals surface area contributed by atoms with Gasteiger partial charge in [0, 0.05) is 43.7 Å². The molecule has 1 aliphatic rings. The van der Waals surface area contributed by atoms with Crippen molar-refractivity contribution in [2.75, 3.05) is 11.9 Å². The van der Waals surface area contributed by atoms with E-state index in [2.05, 4.69) is 52.4 Å². The molecule has 3 aromatic heterocycles. The summed E-state index contributed by atoms with van der Waals surface area (Å²) in [5.74, 6) is -0.847. The lowest BCUT2D eigenvalue weighted by molar-refractivity contribution is -0.119. The molecule has 2 N–H and O–H groups in total. The van der Waals surface area contributed by atoms with Gasteiger partial charge in [-0.3, -0.25) is 14.3 Å². The first-order valence-corrected chi connectivity index (χ1v) is 20.0. The summed E-state index contributed by atoms with van der Waals surface area (Å²) in [6.07, 6.45) is 5.81. The lowest BCUT2D eigenvalue weighted by atomic mass is 9.79. The Bertz CT molecular complexity index is 1470. The largest absolute Gasteiger partial charge is 0.360 e. The summed E-state index contributed by atoms with van der Waals surface area (Å²) >= 11 is 0. The van der Waals surface area contributed by atoms with Crippen molar-refractivity contribution < 1.29 is 18.7 Å². The van der Waals surface area contributed by atoms with Gasteiger partial charge >= 0.3 is 0 Å². The number of halogens is 1. The highest BCUT2D eigenvalue weighted by Crippen LogP contribution is 2.33. The van der Waals surface area contributed by atoms with E-state index in [1.807, 2.05) is 27.7 Å². The molecular formula is C33H50FN7O3Si. The van der Waals surface area contributed by atoms with Crippen molar-refractivity contribution in [1.82, 2.24) is 29.9 Å². The zero-order chi connectivity index (χ0) is 32.9. The number of aryl methyl sites for hydroxylation is 1. The van der Waals surface area contributed by atoms with Gasteiger partial charge in [0.05, 0.1) is 5.69 Å². The van der Waals surface area contributed by atoms with Gasteiger partial charge in [-0.05, 0) is 76.1 Å². The fraction of sp³-hybridized carbons (Fsp3) is 0.606. The normalized spacial score (nSPS) is 17.8. The third kappa shape index (κ3) is 8.66. The summed E-state index contributed by atoms with van der Waals surface area (Å²) in [5.41, 5.74) is 2.96. The van der Waals surface area contributed by atoms with Crippen molar-refractivity contribution in [3.8, 4) is 11.1 Å². The molecular weight excluding hydrogens is 589 g/mol. The predicted molar refractivity (Wildman–Crippen MR) is 177 cm³/mol. The second-order valence-corrected chi connectivity index (χ2v) is 19.5. The Balaban J connectivity index is 1.52. The number of rotatable bonds is 13. The van der Waals surface area contributed by atoms with E-state index in [1.54, 1.807) is 33.8 Å². The smallest absolute Gasteiger partial charge is 0.270 e. The summed E-state index contributed by atoms with van der Waals surface area (Å²) in [7, 11) is -1.21. The highest BCUT2D eigenvalue weighted by Gasteiger charge is 2.34. The number of amides is 2. The summed E-state index contributed by atoms with van der Waals surface area (Å²) in [5, 5.41) is 14.7. The highest BCUT2D eigenvalue weighted by atomic mass is 28.3. The predicted octanol–water partition coefficient (Wildman–Crippen LogP) is 6.61. The zero-order valence-electron chi connectivity index (χ0n) is 28.1. The SMILES string of the molecule is CCc1c(-c2ccc(NC(=O)[C@@H](NC(=O)c3ccnn3C(C)C)[C@H]3CC[C@H](C)CC3)nc2F)c(C)nn1COCC[Si](C)(C)C. The summed E-state index contributed by atoms with van der Waals surface area (Å²) in [6, 6.07) is 5.14. The lowest BCUT2D eigenvalue weighted by Crippen LogP contribution is -2.49. The van der Waals surface area contributed by atoms with Crippen LogP contribution in [-0.2, 0) is 22.7 Å². The zero-order valence-corrected chi connectivity index (χ0v) is 29.1. The van der Waals surface area contributed by atoms with E-state index in [0.717, 1.165) is 37.4 Å². The quantitative estimate of drug-likeness (QED) is 0.124. The minimum atomic E-state index is -1.21. The topological polar surface area (TPSA) is 116 Å². The maximum atomic E-state index is 15.6. The van der Waals surface area contributed by atoms with Crippen LogP contribution in [0.25, 0.3) is 11.1 Å². The van der Waals surface area contributed by atoms with E-state index in [-0.39, 0.29) is 23.7 Å². The molecule has 4 rings (SSSR count). The number of anilines is 1. The fourth-order valence-corrected chi connectivity index (χ4v) is 6.76. The molecule has 0 radical (unpaired) electrons. The number of nitrogens with one attached hydrogen (secondary N) is 2. The van der Waals surface area contributed by atoms with Crippen LogP contribution in [-0.4, -0.2) is 57.1 Å². The maximum absolute atomic E-state index is 15.6. The molecule has 3 aromatic rings. The van der Waals surface area contributed by atoms with Gasteiger partial charge in [0.15, 0.2) is 0 Å². The Morgan fingerprint density at radius 2 is 1.84 bits per heavy atom. The molecule has 0 saturated heterocycles. The minimum absolute atomic E-state index is 0.0132. The van der Waals surface area contributed by atoms with Gasteiger partial charge in [-0.25, -0.2) is 9.67 Å². The molecule has 3 heterocycles. The van der Waals surface area contributed by atoms with E-state index in [4.69, 9.17) is 4.74 Å². The van der Waals surface area contributed by atoms with E-state index in [1.165, 1.54) is 0 Å². The van der Waals surface area contributed by atoms with E-state index in [9.17, 15) is 9.59 Å². The molecule has 1 atom stereocenters. The number of carbonyl (C=O) groups excluding carboxylic acids is 2. The van der Waals surface area contributed by atoms with Crippen LogP contribution in [0.15, 0.2) is 24.4 Å². The van der Waals surface area contributed by atoms with Crippen LogP contribution in [0, 0.1) is 24.7 Å². The molecule has 0 spiro atoms. The first kappa shape index (κ1) is 34.5. The molecule has 1 fully saturated rings. The Morgan fingerprint density at radius 1 is 1.13 bits per heavy atom. The van der Waals surface area contributed by atoms with Crippen LogP contribution < -0.4 is 10.6 Å². The van der Waals surface area contributed by atoms with Gasteiger partial charge in [0.1, 0.15) is 24.3 Å². The molecule has 0 aromatic carbocycles. The molecule has 1 saturated carbocycles. The Labute approximate surface area is 267 Å². The number of hydrogen-bond donors (Lipinski definition) is 2. The third-order valence-corrected chi connectivity index (χ3v) is 10.3. The minimum Gasteiger partial charge on any atom is -0.360 e. The molecule has 246 valence electrons. The second kappa shape index (κ2) is 14.8. The summed E-state index contributed by atoms with van der Waals surface area (Å²) in [4.78, 5) is 31.2. The Kier molecular flexibility index (Phi) is 11.3. The maximum Gasteiger partial charge on any atom is 0.270 e. The lowest BCUT2D eigenvalue weighted by Gasteiger charge is -2.32. The molecule has 45 heavy (non-hydrogen) atoms. The van der Waals surface area contributed by atoms with Crippen LogP contribution in [0.1, 0.15) is 81.3 Å². The molecule has 0 aliphatic heterocycles. The van der Waals surface area contributed by atoms with Crippen molar-refractivity contribution in [3.05, 3.63) is 47.4 Å². The van der Waals surface area contributed by atoms with Gasteiger partial charge in [-0.2, -0.15) is 14.6 Å². The summed E-state index contributed by atoms with van der Waals surface area (Å²) in [6.45, 7) is 17.9. The van der Waals surface area contributed by atoms with Crippen LogP contribution in [0.5, 0.6) is 0 Å². The first-order chi connectivity index (χ1) is 21.3. The van der Waals surface area contributed by atoms with E-state index < -0.39 is 26.0 Å². The fourth-order valence-electron chi connectivity index (χ4n) is 6.01. The van der Waals surface area contributed by atoms with Gasteiger partial charge in [-0.1, -0.05) is 46.3 Å². The number of aromatic nitrogens is 5. The Hall–Kier alpha value is -3.38. The first-order valence-electron chi connectivity index (χ1n) is 16.2. The molecule has 2 amide bonds.